The molecule has 1 N–H and O–H groups in total. The van der Waals surface area contributed by atoms with Gasteiger partial charge in [-0.05, 0) is 35.4 Å². The number of hydrogen-bond acceptors (Lipinski definition) is 4. The van der Waals surface area contributed by atoms with Gasteiger partial charge in [-0.2, -0.15) is 0 Å². The maximum atomic E-state index is 11.9. The Bertz CT molecular complexity index is 722. The fourth-order valence-electron chi connectivity index (χ4n) is 1.96. The van der Waals surface area contributed by atoms with Crippen molar-refractivity contribution in [3.05, 3.63) is 60.2 Å². The van der Waals surface area contributed by atoms with Crippen molar-refractivity contribution in [1.29, 1.82) is 0 Å². The van der Waals surface area contributed by atoms with Gasteiger partial charge in [0.1, 0.15) is 5.52 Å². The van der Waals surface area contributed by atoms with Gasteiger partial charge in [0.2, 0.25) is 5.91 Å². The zero-order chi connectivity index (χ0) is 13.8. The number of benzene rings is 1. The zero-order valence-electron chi connectivity index (χ0n) is 10.7. The van der Waals surface area contributed by atoms with Crippen molar-refractivity contribution in [3.8, 4) is 0 Å². The lowest BCUT2D eigenvalue weighted by Gasteiger charge is -2.05. The average molecular weight is 267 g/mol. The maximum absolute atomic E-state index is 11.9. The Balaban J connectivity index is 1.61. The third kappa shape index (κ3) is 2.83. The van der Waals surface area contributed by atoms with E-state index in [2.05, 4.69) is 15.3 Å². The first-order valence-electron chi connectivity index (χ1n) is 6.29. The number of hydrogen-bond donors (Lipinski definition) is 1. The molecule has 0 fully saturated rings. The van der Waals surface area contributed by atoms with E-state index in [1.165, 1.54) is 6.39 Å². The quantitative estimate of drug-likeness (QED) is 0.785. The summed E-state index contributed by atoms with van der Waals surface area (Å²) in [6.07, 6.45) is 5.14. The zero-order valence-corrected chi connectivity index (χ0v) is 10.7. The summed E-state index contributed by atoms with van der Waals surface area (Å²) in [4.78, 5) is 19.9. The van der Waals surface area contributed by atoms with Gasteiger partial charge in [-0.25, -0.2) is 4.98 Å². The number of pyridine rings is 1. The van der Waals surface area contributed by atoms with Gasteiger partial charge in [0, 0.05) is 18.9 Å². The number of rotatable bonds is 4. The molecule has 20 heavy (non-hydrogen) atoms. The van der Waals surface area contributed by atoms with Crippen LogP contribution in [0.2, 0.25) is 0 Å². The fourth-order valence-corrected chi connectivity index (χ4v) is 1.96. The highest BCUT2D eigenvalue weighted by Crippen LogP contribution is 2.14. The molecule has 0 atom stereocenters. The number of oxazole rings is 1. The molecule has 5 heteroatoms. The van der Waals surface area contributed by atoms with E-state index in [1.807, 2.05) is 30.3 Å². The maximum Gasteiger partial charge on any atom is 0.224 e. The Kier molecular flexibility index (Phi) is 3.41. The van der Waals surface area contributed by atoms with Gasteiger partial charge in [0.25, 0.3) is 0 Å². The predicted molar refractivity (Wildman–Crippen MR) is 73.8 cm³/mol. The third-order valence-corrected chi connectivity index (χ3v) is 3.00. The fraction of sp³-hybridized carbons (Fsp3) is 0.133. The second-order valence-electron chi connectivity index (χ2n) is 4.46. The number of nitrogens with zero attached hydrogens (tertiary/aromatic N) is 2. The molecule has 0 aliphatic heterocycles. The van der Waals surface area contributed by atoms with Crippen molar-refractivity contribution >= 4 is 17.0 Å². The highest BCUT2D eigenvalue weighted by molar-refractivity contribution is 5.80. The molecular weight excluding hydrogens is 254 g/mol. The molecule has 0 bridgehead atoms. The van der Waals surface area contributed by atoms with Gasteiger partial charge in [-0.15, -0.1) is 0 Å². The summed E-state index contributed by atoms with van der Waals surface area (Å²) in [5, 5.41) is 2.88. The van der Waals surface area contributed by atoms with Crippen molar-refractivity contribution in [1.82, 2.24) is 15.3 Å². The second kappa shape index (κ2) is 5.52. The van der Waals surface area contributed by atoms with E-state index in [9.17, 15) is 4.79 Å². The lowest BCUT2D eigenvalue weighted by atomic mass is 10.1. The molecule has 0 saturated heterocycles. The number of carbonyl (C=O) groups excluding carboxylic acids is 1. The summed E-state index contributed by atoms with van der Waals surface area (Å²) in [5.41, 5.74) is 3.43. The highest BCUT2D eigenvalue weighted by atomic mass is 16.3. The van der Waals surface area contributed by atoms with Crippen LogP contribution >= 0.6 is 0 Å². The van der Waals surface area contributed by atoms with E-state index in [1.54, 1.807) is 12.4 Å². The van der Waals surface area contributed by atoms with Crippen molar-refractivity contribution in [2.75, 3.05) is 0 Å². The molecule has 3 rings (SSSR count). The summed E-state index contributed by atoms with van der Waals surface area (Å²) in [6.45, 7) is 0.506. The Hall–Kier alpha value is -2.69. The topological polar surface area (TPSA) is 68.0 Å². The van der Waals surface area contributed by atoms with Crippen molar-refractivity contribution in [2.24, 2.45) is 0 Å². The normalized spacial score (nSPS) is 10.6. The van der Waals surface area contributed by atoms with Crippen LogP contribution in [0.1, 0.15) is 11.1 Å². The third-order valence-electron chi connectivity index (χ3n) is 3.00. The summed E-state index contributed by atoms with van der Waals surface area (Å²) in [7, 11) is 0. The molecule has 0 aliphatic rings. The van der Waals surface area contributed by atoms with Gasteiger partial charge in [-0.3, -0.25) is 9.78 Å². The van der Waals surface area contributed by atoms with Crippen LogP contribution in [0.15, 0.2) is 53.5 Å². The summed E-state index contributed by atoms with van der Waals surface area (Å²) in [5.74, 6) is -0.0272. The number of carbonyl (C=O) groups is 1. The van der Waals surface area contributed by atoms with Crippen LogP contribution in [0.3, 0.4) is 0 Å². The average Bonchev–Trinajstić information content (AvgIpc) is 2.94. The van der Waals surface area contributed by atoms with E-state index < -0.39 is 0 Å². The van der Waals surface area contributed by atoms with E-state index in [4.69, 9.17) is 4.42 Å². The molecule has 0 unspecified atom stereocenters. The second-order valence-corrected chi connectivity index (χ2v) is 4.46. The van der Waals surface area contributed by atoms with Crippen LogP contribution in [0.4, 0.5) is 0 Å². The van der Waals surface area contributed by atoms with Gasteiger partial charge in [0.15, 0.2) is 12.0 Å². The first-order chi connectivity index (χ1) is 9.81. The highest BCUT2D eigenvalue weighted by Gasteiger charge is 2.06. The predicted octanol–water partition coefficient (Wildman–Crippen LogP) is 2.08. The Morgan fingerprint density at radius 2 is 2.00 bits per heavy atom. The first kappa shape index (κ1) is 12.3. The Morgan fingerprint density at radius 3 is 2.85 bits per heavy atom. The summed E-state index contributed by atoms with van der Waals surface area (Å²) < 4.78 is 5.22. The van der Waals surface area contributed by atoms with Crippen molar-refractivity contribution < 1.29 is 9.21 Å². The van der Waals surface area contributed by atoms with Gasteiger partial charge < -0.3 is 9.73 Å². The van der Waals surface area contributed by atoms with E-state index in [0.29, 0.717) is 18.5 Å². The van der Waals surface area contributed by atoms with Gasteiger partial charge >= 0.3 is 0 Å². The number of fused-ring (bicyclic) bond motifs is 1. The molecule has 0 aliphatic carbocycles. The van der Waals surface area contributed by atoms with E-state index in [0.717, 1.165) is 16.6 Å². The van der Waals surface area contributed by atoms with Crippen LogP contribution in [0.5, 0.6) is 0 Å². The molecule has 1 amide bonds. The number of aromatic nitrogens is 2. The molecule has 100 valence electrons. The largest absolute Gasteiger partial charge is 0.443 e. The minimum absolute atomic E-state index is 0.0272. The Morgan fingerprint density at radius 1 is 1.15 bits per heavy atom. The molecule has 3 aromatic rings. The minimum atomic E-state index is -0.0272. The molecule has 1 aromatic carbocycles. The molecule has 0 saturated carbocycles. The summed E-state index contributed by atoms with van der Waals surface area (Å²) in [6, 6.07) is 9.33. The van der Waals surface area contributed by atoms with E-state index >= 15 is 0 Å². The molecular formula is C15H13N3O2. The SMILES string of the molecule is O=C(Cc1ccc2ncoc2c1)NCc1ccncc1. The molecule has 0 radical (unpaired) electrons. The summed E-state index contributed by atoms with van der Waals surface area (Å²) >= 11 is 0. The number of nitrogens with one attached hydrogen (secondary N) is 1. The molecule has 2 aromatic heterocycles. The monoisotopic (exact) mass is 267 g/mol. The number of amides is 1. The van der Waals surface area contributed by atoms with Crippen LogP contribution in [0.25, 0.3) is 11.1 Å². The molecule has 5 nitrogen and oxygen atoms in total. The van der Waals surface area contributed by atoms with Crippen LogP contribution < -0.4 is 5.32 Å². The Labute approximate surface area is 115 Å². The lowest BCUT2D eigenvalue weighted by molar-refractivity contribution is -0.120. The smallest absolute Gasteiger partial charge is 0.224 e. The van der Waals surface area contributed by atoms with Gasteiger partial charge in [-0.1, -0.05) is 6.07 Å². The molecule has 2 heterocycles. The first-order valence-corrected chi connectivity index (χ1v) is 6.29. The van der Waals surface area contributed by atoms with Gasteiger partial charge in [0.05, 0.1) is 6.42 Å². The van der Waals surface area contributed by atoms with Crippen molar-refractivity contribution in [3.63, 3.8) is 0 Å². The standard InChI is InChI=1S/C15H13N3O2/c19-15(17-9-11-3-5-16-6-4-11)8-12-1-2-13-14(7-12)20-10-18-13/h1-7,10H,8-9H2,(H,17,19). The van der Waals surface area contributed by atoms with Crippen LogP contribution in [0, 0.1) is 0 Å². The van der Waals surface area contributed by atoms with E-state index in [-0.39, 0.29) is 5.91 Å². The van der Waals surface area contributed by atoms with Crippen molar-refractivity contribution in [2.45, 2.75) is 13.0 Å². The molecule has 0 spiro atoms. The minimum Gasteiger partial charge on any atom is -0.443 e. The lowest BCUT2D eigenvalue weighted by Crippen LogP contribution is -2.24. The van der Waals surface area contributed by atoms with Crippen LogP contribution in [-0.2, 0) is 17.8 Å². The van der Waals surface area contributed by atoms with Crippen LogP contribution in [-0.4, -0.2) is 15.9 Å².